The lowest BCUT2D eigenvalue weighted by atomic mass is 10.1. The highest BCUT2D eigenvalue weighted by molar-refractivity contribution is 6.10. The monoisotopic (exact) mass is 217 g/mol. The van der Waals surface area contributed by atoms with Crippen molar-refractivity contribution in [3.05, 3.63) is 41.7 Å². The first-order valence-corrected chi connectivity index (χ1v) is 4.96. The molecule has 0 radical (unpaired) electrons. The maximum Gasteiger partial charge on any atom is 0.343 e. The SMILES string of the molecule is O=C1OCCC(O)=C1C=Nc1ccccc1. The van der Waals surface area contributed by atoms with E-state index in [1.807, 2.05) is 30.3 Å². The number of benzene rings is 1. The van der Waals surface area contributed by atoms with Crippen LogP contribution in [0.5, 0.6) is 0 Å². The Morgan fingerprint density at radius 2 is 2.06 bits per heavy atom. The Balaban J connectivity index is 2.21. The van der Waals surface area contributed by atoms with E-state index < -0.39 is 5.97 Å². The maximum atomic E-state index is 11.3. The average Bonchev–Trinajstić information content (AvgIpc) is 2.30. The number of nitrogens with zero attached hydrogens (tertiary/aromatic N) is 1. The molecule has 4 heteroatoms. The van der Waals surface area contributed by atoms with Gasteiger partial charge in [-0.15, -0.1) is 0 Å². The van der Waals surface area contributed by atoms with Gasteiger partial charge in [0.2, 0.25) is 0 Å². The normalized spacial score (nSPS) is 16.6. The summed E-state index contributed by atoms with van der Waals surface area (Å²) in [4.78, 5) is 15.4. The van der Waals surface area contributed by atoms with Crippen LogP contribution >= 0.6 is 0 Å². The van der Waals surface area contributed by atoms with Crippen molar-refractivity contribution < 1.29 is 14.6 Å². The van der Waals surface area contributed by atoms with Crippen molar-refractivity contribution in [2.75, 3.05) is 6.61 Å². The number of aliphatic hydroxyl groups excluding tert-OH is 1. The molecule has 1 heterocycles. The maximum absolute atomic E-state index is 11.3. The van der Waals surface area contributed by atoms with E-state index in [9.17, 15) is 9.90 Å². The van der Waals surface area contributed by atoms with E-state index in [-0.39, 0.29) is 17.9 Å². The molecule has 1 N–H and O–H groups in total. The molecule has 0 saturated carbocycles. The van der Waals surface area contributed by atoms with Gasteiger partial charge in [0.25, 0.3) is 0 Å². The number of aliphatic hydroxyl groups is 1. The molecule has 1 aromatic rings. The number of cyclic esters (lactones) is 1. The predicted octanol–water partition coefficient (Wildman–Crippen LogP) is 2.15. The fourth-order valence-electron chi connectivity index (χ4n) is 1.35. The first kappa shape index (κ1) is 10.4. The molecule has 82 valence electrons. The number of aliphatic imine (C=N–C) groups is 1. The average molecular weight is 217 g/mol. The van der Waals surface area contributed by atoms with Crippen molar-refractivity contribution >= 4 is 17.9 Å². The Bertz CT molecular complexity index is 449. The molecule has 0 unspecified atom stereocenters. The number of carbonyl (C=O) groups is 1. The van der Waals surface area contributed by atoms with Gasteiger partial charge in [0, 0.05) is 12.6 Å². The van der Waals surface area contributed by atoms with Gasteiger partial charge in [-0.3, -0.25) is 4.99 Å². The zero-order valence-electron chi connectivity index (χ0n) is 8.59. The fraction of sp³-hybridized carbons (Fsp3) is 0.167. The summed E-state index contributed by atoms with van der Waals surface area (Å²) in [5.74, 6) is -0.487. The second-order valence-corrected chi connectivity index (χ2v) is 3.34. The minimum absolute atomic E-state index is 0.0379. The van der Waals surface area contributed by atoms with Gasteiger partial charge in [-0.1, -0.05) is 18.2 Å². The van der Waals surface area contributed by atoms with E-state index in [0.29, 0.717) is 6.42 Å². The fourth-order valence-corrected chi connectivity index (χ4v) is 1.35. The number of hydrogen-bond acceptors (Lipinski definition) is 4. The Kier molecular flexibility index (Phi) is 3.00. The van der Waals surface area contributed by atoms with Crippen LogP contribution in [-0.2, 0) is 9.53 Å². The van der Waals surface area contributed by atoms with E-state index in [0.717, 1.165) is 5.69 Å². The third-order valence-corrected chi connectivity index (χ3v) is 2.20. The number of para-hydroxylation sites is 1. The van der Waals surface area contributed by atoms with Crippen molar-refractivity contribution in [2.45, 2.75) is 6.42 Å². The Morgan fingerprint density at radius 3 is 2.75 bits per heavy atom. The smallest absolute Gasteiger partial charge is 0.343 e. The van der Waals surface area contributed by atoms with Crippen molar-refractivity contribution in [2.24, 2.45) is 4.99 Å². The Morgan fingerprint density at radius 1 is 1.31 bits per heavy atom. The number of rotatable bonds is 2. The summed E-state index contributed by atoms with van der Waals surface area (Å²) in [5.41, 5.74) is 0.858. The molecule has 0 saturated heterocycles. The van der Waals surface area contributed by atoms with E-state index in [4.69, 9.17) is 4.74 Å². The van der Waals surface area contributed by atoms with Crippen molar-refractivity contribution in [3.63, 3.8) is 0 Å². The number of esters is 1. The molecule has 0 atom stereocenters. The summed E-state index contributed by atoms with van der Waals surface area (Å²) in [6, 6.07) is 9.19. The van der Waals surface area contributed by atoms with Crippen LogP contribution in [0.4, 0.5) is 5.69 Å². The third kappa shape index (κ3) is 2.28. The molecule has 0 aliphatic carbocycles. The lowest BCUT2D eigenvalue weighted by molar-refractivity contribution is -0.139. The minimum Gasteiger partial charge on any atom is -0.511 e. The molecule has 1 aromatic carbocycles. The molecule has 0 bridgehead atoms. The largest absolute Gasteiger partial charge is 0.511 e. The quantitative estimate of drug-likeness (QED) is 0.610. The second-order valence-electron chi connectivity index (χ2n) is 3.34. The van der Waals surface area contributed by atoms with Crippen LogP contribution in [0.15, 0.2) is 46.7 Å². The van der Waals surface area contributed by atoms with Crippen molar-refractivity contribution in [1.82, 2.24) is 0 Å². The van der Waals surface area contributed by atoms with Crippen LogP contribution in [-0.4, -0.2) is 23.9 Å². The Labute approximate surface area is 92.9 Å². The van der Waals surface area contributed by atoms with Gasteiger partial charge >= 0.3 is 5.97 Å². The van der Waals surface area contributed by atoms with Crippen molar-refractivity contribution in [1.29, 1.82) is 0 Å². The van der Waals surface area contributed by atoms with Crippen LogP contribution in [0.25, 0.3) is 0 Å². The highest BCUT2D eigenvalue weighted by atomic mass is 16.5. The van der Waals surface area contributed by atoms with E-state index in [2.05, 4.69) is 4.99 Å². The molecule has 1 aliphatic rings. The first-order chi connectivity index (χ1) is 7.77. The van der Waals surface area contributed by atoms with Crippen LogP contribution in [0.2, 0.25) is 0 Å². The minimum atomic E-state index is -0.525. The molecular weight excluding hydrogens is 206 g/mol. The topological polar surface area (TPSA) is 58.9 Å². The van der Waals surface area contributed by atoms with Crippen LogP contribution in [0.1, 0.15) is 6.42 Å². The third-order valence-electron chi connectivity index (χ3n) is 2.20. The molecule has 0 spiro atoms. The summed E-state index contributed by atoms with van der Waals surface area (Å²) in [6.45, 7) is 0.230. The van der Waals surface area contributed by atoms with Crippen LogP contribution in [0.3, 0.4) is 0 Å². The molecule has 0 amide bonds. The lowest BCUT2D eigenvalue weighted by Gasteiger charge is -2.12. The molecular formula is C12H11NO3. The number of carbonyl (C=O) groups excluding carboxylic acids is 1. The summed E-state index contributed by atoms with van der Waals surface area (Å²) < 4.78 is 4.80. The first-order valence-electron chi connectivity index (χ1n) is 4.96. The lowest BCUT2D eigenvalue weighted by Crippen LogP contribution is -2.18. The standard InChI is InChI=1S/C12H11NO3/c14-11-6-7-16-12(15)10(11)8-13-9-4-2-1-3-5-9/h1-5,8,14H,6-7H2. The van der Waals surface area contributed by atoms with Gasteiger partial charge in [-0.05, 0) is 12.1 Å². The summed E-state index contributed by atoms with van der Waals surface area (Å²) >= 11 is 0. The second kappa shape index (κ2) is 4.61. The van der Waals surface area contributed by atoms with Crippen molar-refractivity contribution in [3.8, 4) is 0 Å². The zero-order chi connectivity index (χ0) is 11.4. The van der Waals surface area contributed by atoms with Gasteiger partial charge in [0.15, 0.2) is 0 Å². The predicted molar refractivity (Wildman–Crippen MR) is 59.8 cm³/mol. The number of hydrogen-bond donors (Lipinski definition) is 1. The molecule has 4 nitrogen and oxygen atoms in total. The molecule has 0 aromatic heterocycles. The van der Waals surface area contributed by atoms with Crippen LogP contribution < -0.4 is 0 Å². The summed E-state index contributed by atoms with van der Waals surface area (Å²) in [5, 5.41) is 9.50. The molecule has 2 rings (SSSR count). The molecule has 16 heavy (non-hydrogen) atoms. The summed E-state index contributed by atoms with van der Waals surface area (Å²) in [6.07, 6.45) is 1.69. The summed E-state index contributed by atoms with van der Waals surface area (Å²) in [7, 11) is 0. The molecule has 0 fully saturated rings. The van der Waals surface area contributed by atoms with E-state index in [1.165, 1.54) is 6.21 Å². The van der Waals surface area contributed by atoms with Gasteiger partial charge in [0.1, 0.15) is 11.3 Å². The van der Waals surface area contributed by atoms with Gasteiger partial charge < -0.3 is 9.84 Å². The van der Waals surface area contributed by atoms with Gasteiger partial charge in [0.05, 0.1) is 12.3 Å². The molecule has 1 aliphatic heterocycles. The highest BCUT2D eigenvalue weighted by Gasteiger charge is 2.19. The highest BCUT2D eigenvalue weighted by Crippen LogP contribution is 2.15. The van der Waals surface area contributed by atoms with Crippen LogP contribution in [0, 0.1) is 0 Å². The van der Waals surface area contributed by atoms with E-state index in [1.54, 1.807) is 0 Å². The van der Waals surface area contributed by atoms with E-state index >= 15 is 0 Å². The number of ether oxygens (including phenoxy) is 1. The Hall–Kier alpha value is -2.10. The van der Waals surface area contributed by atoms with Gasteiger partial charge in [-0.2, -0.15) is 0 Å². The zero-order valence-corrected chi connectivity index (χ0v) is 8.59. The van der Waals surface area contributed by atoms with Gasteiger partial charge in [-0.25, -0.2) is 4.79 Å².